The van der Waals surface area contributed by atoms with Gasteiger partial charge in [-0.2, -0.15) is 0 Å². The Morgan fingerprint density at radius 1 is 1.30 bits per heavy atom. The molecule has 0 amide bonds. The normalized spacial score (nSPS) is 10.2. The van der Waals surface area contributed by atoms with Crippen molar-refractivity contribution in [1.29, 1.82) is 0 Å². The fourth-order valence-corrected chi connectivity index (χ4v) is 1.90. The van der Waals surface area contributed by atoms with Gasteiger partial charge >= 0.3 is 5.97 Å². The number of esters is 1. The summed E-state index contributed by atoms with van der Waals surface area (Å²) in [5.74, 6) is 0.353. The van der Waals surface area contributed by atoms with Gasteiger partial charge in [-0.15, -0.1) is 0 Å². The van der Waals surface area contributed by atoms with Crippen molar-refractivity contribution < 1.29 is 14.3 Å². The highest BCUT2D eigenvalue weighted by atomic mass is 35.5. The third kappa shape index (κ3) is 3.48. The van der Waals surface area contributed by atoms with Crippen LogP contribution in [0.2, 0.25) is 5.02 Å². The van der Waals surface area contributed by atoms with E-state index in [2.05, 4.69) is 9.72 Å². The highest BCUT2D eigenvalue weighted by Crippen LogP contribution is 2.22. The van der Waals surface area contributed by atoms with E-state index in [9.17, 15) is 4.79 Å². The summed E-state index contributed by atoms with van der Waals surface area (Å²) in [6, 6.07) is 8.83. The number of hydrogen-bond acceptors (Lipinski definition) is 4. The number of methoxy groups -OCH3 is 1. The summed E-state index contributed by atoms with van der Waals surface area (Å²) < 4.78 is 10.3. The zero-order chi connectivity index (χ0) is 14.5. The molecule has 0 aliphatic heterocycles. The number of nitrogens with zero attached hydrogens (tertiary/aromatic N) is 1. The molecule has 0 aliphatic rings. The fourth-order valence-electron chi connectivity index (χ4n) is 1.67. The monoisotopic (exact) mass is 291 g/mol. The quantitative estimate of drug-likeness (QED) is 0.810. The molecule has 0 atom stereocenters. The van der Waals surface area contributed by atoms with Crippen LogP contribution in [0.25, 0.3) is 0 Å². The lowest BCUT2D eigenvalue weighted by Crippen LogP contribution is -2.04. The molecule has 1 aromatic carbocycles. The maximum atomic E-state index is 11.3. The molecule has 1 aromatic heterocycles. The lowest BCUT2D eigenvalue weighted by atomic mass is 10.2. The van der Waals surface area contributed by atoms with Crippen LogP contribution in [0, 0.1) is 6.92 Å². The molecule has 2 aromatic rings. The average Bonchev–Trinajstić information content (AvgIpc) is 2.46. The predicted molar refractivity (Wildman–Crippen MR) is 76.1 cm³/mol. The number of benzene rings is 1. The van der Waals surface area contributed by atoms with Crippen LogP contribution in [0.5, 0.6) is 5.75 Å². The molecule has 2 rings (SSSR count). The van der Waals surface area contributed by atoms with Crippen LogP contribution in [0.15, 0.2) is 36.5 Å². The molecule has 1 heterocycles. The topological polar surface area (TPSA) is 48.4 Å². The van der Waals surface area contributed by atoms with Crippen molar-refractivity contribution in [3.05, 3.63) is 58.4 Å². The molecule has 0 bridgehead atoms. The zero-order valence-electron chi connectivity index (χ0n) is 11.2. The first-order valence-electron chi connectivity index (χ1n) is 6.02. The van der Waals surface area contributed by atoms with Crippen molar-refractivity contribution in [3.63, 3.8) is 0 Å². The van der Waals surface area contributed by atoms with Crippen LogP contribution in [-0.2, 0) is 11.3 Å². The Bertz CT molecular complexity index is 611. The first kappa shape index (κ1) is 14.3. The Kier molecular flexibility index (Phi) is 4.58. The minimum absolute atomic E-state index is 0.323. The third-order valence-corrected chi connectivity index (χ3v) is 2.99. The van der Waals surface area contributed by atoms with Crippen LogP contribution in [-0.4, -0.2) is 18.1 Å². The Morgan fingerprint density at radius 2 is 2.10 bits per heavy atom. The van der Waals surface area contributed by atoms with Crippen molar-refractivity contribution in [2.45, 2.75) is 13.5 Å². The van der Waals surface area contributed by atoms with Crippen LogP contribution in [0.1, 0.15) is 21.6 Å². The number of aromatic nitrogens is 1. The van der Waals surface area contributed by atoms with Gasteiger partial charge in [-0.05, 0) is 42.8 Å². The van der Waals surface area contributed by atoms with Crippen molar-refractivity contribution >= 4 is 17.6 Å². The van der Waals surface area contributed by atoms with Gasteiger partial charge in [0.05, 0.1) is 18.4 Å². The Morgan fingerprint density at radius 3 is 2.70 bits per heavy atom. The minimum Gasteiger partial charge on any atom is -0.487 e. The molecule has 104 valence electrons. The van der Waals surface area contributed by atoms with Gasteiger partial charge < -0.3 is 9.47 Å². The van der Waals surface area contributed by atoms with Crippen LogP contribution >= 0.6 is 11.6 Å². The predicted octanol–water partition coefficient (Wildman–Crippen LogP) is 3.41. The standard InChI is InChI=1S/C15H14ClNO3/c1-10-7-12(16)4-6-14(10)20-9-13-5-3-11(8-17-13)15(18)19-2/h3-8H,9H2,1-2H3. The van der Waals surface area contributed by atoms with Gasteiger partial charge in [-0.25, -0.2) is 4.79 Å². The van der Waals surface area contributed by atoms with E-state index in [1.165, 1.54) is 13.3 Å². The SMILES string of the molecule is COC(=O)c1ccc(COc2ccc(Cl)cc2C)nc1. The molecular weight excluding hydrogens is 278 g/mol. The van der Waals surface area contributed by atoms with E-state index in [0.29, 0.717) is 17.2 Å². The second kappa shape index (κ2) is 6.39. The molecule has 0 spiro atoms. The molecule has 0 radical (unpaired) electrons. The van der Waals surface area contributed by atoms with Gasteiger partial charge in [0.25, 0.3) is 0 Å². The maximum Gasteiger partial charge on any atom is 0.339 e. The summed E-state index contributed by atoms with van der Waals surface area (Å²) in [6.45, 7) is 2.25. The van der Waals surface area contributed by atoms with Gasteiger partial charge in [0.15, 0.2) is 0 Å². The van der Waals surface area contributed by atoms with Crippen molar-refractivity contribution in [3.8, 4) is 5.75 Å². The van der Waals surface area contributed by atoms with Crippen molar-refractivity contribution in [1.82, 2.24) is 4.98 Å². The number of hydrogen-bond donors (Lipinski definition) is 0. The fraction of sp³-hybridized carbons (Fsp3) is 0.200. The number of halogens is 1. The first-order chi connectivity index (χ1) is 9.60. The maximum absolute atomic E-state index is 11.3. The van der Waals surface area contributed by atoms with E-state index in [1.807, 2.05) is 19.1 Å². The van der Waals surface area contributed by atoms with Gasteiger partial charge in [0.2, 0.25) is 0 Å². The summed E-state index contributed by atoms with van der Waals surface area (Å²) in [5, 5.41) is 0.676. The molecular formula is C15H14ClNO3. The minimum atomic E-state index is -0.404. The molecule has 0 N–H and O–H groups in total. The van der Waals surface area contributed by atoms with Crippen molar-refractivity contribution in [2.24, 2.45) is 0 Å². The van der Waals surface area contributed by atoms with E-state index < -0.39 is 5.97 Å². The third-order valence-electron chi connectivity index (χ3n) is 2.76. The average molecular weight is 292 g/mol. The molecule has 0 saturated carbocycles. The van der Waals surface area contributed by atoms with E-state index in [4.69, 9.17) is 16.3 Å². The Labute approximate surface area is 122 Å². The molecule has 4 nitrogen and oxygen atoms in total. The van der Waals surface area contributed by atoms with Crippen LogP contribution in [0.3, 0.4) is 0 Å². The molecule has 0 fully saturated rings. The van der Waals surface area contributed by atoms with Crippen LogP contribution in [0.4, 0.5) is 0 Å². The van der Waals surface area contributed by atoms with E-state index in [1.54, 1.807) is 18.2 Å². The number of aryl methyl sites for hydroxylation is 1. The van der Waals surface area contributed by atoms with E-state index in [-0.39, 0.29) is 0 Å². The lowest BCUT2D eigenvalue weighted by Gasteiger charge is -2.09. The highest BCUT2D eigenvalue weighted by molar-refractivity contribution is 6.30. The van der Waals surface area contributed by atoms with Crippen LogP contribution < -0.4 is 4.74 Å². The zero-order valence-corrected chi connectivity index (χ0v) is 12.0. The summed E-state index contributed by atoms with van der Waals surface area (Å²) >= 11 is 5.88. The number of ether oxygens (including phenoxy) is 2. The Hall–Kier alpha value is -2.07. The summed E-state index contributed by atoms with van der Waals surface area (Å²) in [4.78, 5) is 15.4. The summed E-state index contributed by atoms with van der Waals surface area (Å²) in [7, 11) is 1.34. The number of rotatable bonds is 4. The summed E-state index contributed by atoms with van der Waals surface area (Å²) in [6.07, 6.45) is 1.47. The van der Waals surface area contributed by atoms with Gasteiger partial charge in [-0.1, -0.05) is 11.6 Å². The first-order valence-corrected chi connectivity index (χ1v) is 6.40. The Balaban J connectivity index is 2.02. The molecule has 0 aliphatic carbocycles. The molecule has 0 saturated heterocycles. The van der Waals surface area contributed by atoms with E-state index >= 15 is 0 Å². The second-order valence-corrected chi connectivity index (χ2v) is 4.66. The van der Waals surface area contributed by atoms with Crippen molar-refractivity contribution in [2.75, 3.05) is 7.11 Å². The van der Waals surface area contributed by atoms with Gasteiger partial charge in [0.1, 0.15) is 12.4 Å². The number of pyridine rings is 1. The second-order valence-electron chi connectivity index (χ2n) is 4.23. The number of carbonyl (C=O) groups excluding carboxylic acids is 1. The lowest BCUT2D eigenvalue weighted by molar-refractivity contribution is 0.0600. The van der Waals surface area contributed by atoms with E-state index in [0.717, 1.165) is 17.0 Å². The molecule has 5 heteroatoms. The smallest absolute Gasteiger partial charge is 0.339 e. The molecule has 20 heavy (non-hydrogen) atoms. The molecule has 0 unspecified atom stereocenters. The largest absolute Gasteiger partial charge is 0.487 e. The number of carbonyl (C=O) groups is 1. The van der Waals surface area contributed by atoms with Gasteiger partial charge in [0, 0.05) is 11.2 Å². The highest BCUT2D eigenvalue weighted by Gasteiger charge is 2.06. The van der Waals surface area contributed by atoms with Gasteiger partial charge in [-0.3, -0.25) is 4.98 Å². The summed E-state index contributed by atoms with van der Waals surface area (Å²) in [5.41, 5.74) is 2.11.